The highest BCUT2D eigenvalue weighted by molar-refractivity contribution is 5.87. The second-order valence-electron chi connectivity index (χ2n) is 8.97. The maximum absolute atomic E-state index is 11.2. The first-order valence-electron chi connectivity index (χ1n) is 10.9. The van der Waals surface area contributed by atoms with Crippen LogP contribution in [0.2, 0.25) is 0 Å². The Kier molecular flexibility index (Phi) is 5.81. The van der Waals surface area contributed by atoms with E-state index in [4.69, 9.17) is 20.2 Å². The van der Waals surface area contributed by atoms with Gasteiger partial charge < -0.3 is 15.2 Å². The minimum atomic E-state index is -0.0511. The third kappa shape index (κ3) is 4.00. The minimum Gasteiger partial charge on any atom is -0.490 e. The fourth-order valence-corrected chi connectivity index (χ4v) is 5.40. The molecule has 2 N–H and O–H groups in total. The van der Waals surface area contributed by atoms with Crippen molar-refractivity contribution in [3.63, 3.8) is 0 Å². The largest absolute Gasteiger partial charge is 0.490 e. The average molecular weight is 400 g/mol. The number of guanidine groups is 1. The Bertz CT molecular complexity index is 765. The summed E-state index contributed by atoms with van der Waals surface area (Å²) in [5.41, 5.74) is 8.74. The van der Waals surface area contributed by atoms with Gasteiger partial charge in [-0.25, -0.2) is 4.99 Å². The van der Waals surface area contributed by atoms with Gasteiger partial charge in [0.2, 0.25) is 6.41 Å². The van der Waals surface area contributed by atoms with Crippen molar-refractivity contribution < 1.29 is 14.3 Å². The van der Waals surface area contributed by atoms with Crippen LogP contribution in [-0.2, 0) is 16.0 Å². The van der Waals surface area contributed by atoms with Gasteiger partial charge >= 0.3 is 0 Å². The summed E-state index contributed by atoms with van der Waals surface area (Å²) in [4.78, 5) is 17.4. The SMILES string of the molecule is COC1CCC2(CC1)Cc1ccc(OC3CCCC3)cc1C2/N=C(/N)N(C)C=O. The zero-order valence-corrected chi connectivity index (χ0v) is 17.6. The number of methoxy groups -OCH3 is 1. The lowest BCUT2D eigenvalue weighted by atomic mass is 9.68. The number of hydrogen-bond donors (Lipinski definition) is 1. The number of hydrogen-bond acceptors (Lipinski definition) is 4. The quantitative estimate of drug-likeness (QED) is 0.466. The number of nitrogens with zero attached hydrogens (tertiary/aromatic N) is 2. The van der Waals surface area contributed by atoms with Crippen LogP contribution in [0, 0.1) is 5.41 Å². The Morgan fingerprint density at radius 2 is 1.93 bits per heavy atom. The molecule has 3 aliphatic carbocycles. The van der Waals surface area contributed by atoms with Gasteiger partial charge in [0.1, 0.15) is 5.75 Å². The molecule has 29 heavy (non-hydrogen) atoms. The monoisotopic (exact) mass is 399 g/mol. The fraction of sp³-hybridized carbons (Fsp3) is 0.652. The minimum absolute atomic E-state index is 0.0394. The topological polar surface area (TPSA) is 77.2 Å². The van der Waals surface area contributed by atoms with Gasteiger partial charge in [-0.3, -0.25) is 9.69 Å². The zero-order valence-electron chi connectivity index (χ0n) is 17.6. The van der Waals surface area contributed by atoms with Crippen LogP contribution in [-0.4, -0.2) is 43.6 Å². The van der Waals surface area contributed by atoms with Crippen LogP contribution in [0.4, 0.5) is 0 Å². The molecule has 0 heterocycles. The number of ether oxygens (including phenoxy) is 2. The average Bonchev–Trinajstić information content (AvgIpc) is 3.35. The van der Waals surface area contributed by atoms with Crippen molar-refractivity contribution in [1.82, 2.24) is 4.90 Å². The third-order valence-corrected chi connectivity index (χ3v) is 7.18. The van der Waals surface area contributed by atoms with E-state index in [-0.39, 0.29) is 17.4 Å². The van der Waals surface area contributed by atoms with Gasteiger partial charge in [0.25, 0.3) is 0 Å². The second kappa shape index (κ2) is 8.34. The second-order valence-corrected chi connectivity index (χ2v) is 8.97. The summed E-state index contributed by atoms with van der Waals surface area (Å²) in [5, 5.41) is 0. The molecule has 1 aromatic carbocycles. The standard InChI is InChI=1S/C23H33N3O3/c1-26(15-27)22(24)25-21-20-13-19(29-18-5-3-4-6-18)8-7-16(20)14-23(21)11-9-17(28-2)10-12-23/h7-8,13,15,17-18,21H,3-6,9-12,14H2,1-2H3,(H2,24,25). The predicted octanol–water partition coefficient (Wildman–Crippen LogP) is 3.58. The van der Waals surface area contributed by atoms with Gasteiger partial charge in [0.15, 0.2) is 5.96 Å². The van der Waals surface area contributed by atoms with E-state index in [0.717, 1.165) is 50.7 Å². The maximum atomic E-state index is 11.2. The molecule has 2 fully saturated rings. The van der Waals surface area contributed by atoms with E-state index in [2.05, 4.69) is 18.2 Å². The van der Waals surface area contributed by atoms with Crippen molar-refractivity contribution in [3.8, 4) is 5.75 Å². The molecule has 4 rings (SSSR count). The number of nitrogens with two attached hydrogens (primary N) is 1. The molecule has 1 unspecified atom stereocenters. The van der Waals surface area contributed by atoms with E-state index < -0.39 is 0 Å². The molecule has 1 amide bonds. The summed E-state index contributed by atoms with van der Waals surface area (Å²) < 4.78 is 11.9. The first-order valence-corrected chi connectivity index (χ1v) is 10.9. The van der Waals surface area contributed by atoms with Crippen LogP contribution in [0.3, 0.4) is 0 Å². The van der Waals surface area contributed by atoms with Gasteiger partial charge in [0.05, 0.1) is 18.2 Å². The fourth-order valence-electron chi connectivity index (χ4n) is 5.40. The Hall–Kier alpha value is -2.08. The molecule has 0 aromatic heterocycles. The number of amides is 1. The van der Waals surface area contributed by atoms with Crippen LogP contribution in [0.25, 0.3) is 0 Å². The van der Waals surface area contributed by atoms with Crippen LogP contribution >= 0.6 is 0 Å². The van der Waals surface area contributed by atoms with E-state index >= 15 is 0 Å². The highest BCUT2D eigenvalue weighted by Crippen LogP contribution is 2.56. The maximum Gasteiger partial charge on any atom is 0.216 e. The molecule has 0 aliphatic heterocycles. The molecule has 0 saturated heterocycles. The number of aliphatic imine (C=N–C) groups is 1. The predicted molar refractivity (Wildman–Crippen MR) is 113 cm³/mol. The summed E-state index contributed by atoms with van der Waals surface area (Å²) in [7, 11) is 3.45. The first kappa shape index (κ1) is 20.2. The lowest BCUT2D eigenvalue weighted by Gasteiger charge is -2.40. The van der Waals surface area contributed by atoms with Crippen molar-refractivity contribution in [3.05, 3.63) is 29.3 Å². The Labute approximate surface area is 173 Å². The van der Waals surface area contributed by atoms with Crippen molar-refractivity contribution in [2.24, 2.45) is 16.1 Å². The summed E-state index contributed by atoms with van der Waals surface area (Å²) in [5.74, 6) is 1.20. The Balaban J connectivity index is 1.65. The van der Waals surface area contributed by atoms with Crippen molar-refractivity contribution in [2.45, 2.75) is 76.0 Å². The van der Waals surface area contributed by atoms with Crippen LogP contribution < -0.4 is 10.5 Å². The van der Waals surface area contributed by atoms with Gasteiger partial charge in [0, 0.05) is 19.6 Å². The molecule has 0 radical (unpaired) electrons. The van der Waals surface area contributed by atoms with Gasteiger partial charge in [-0.05, 0) is 81.0 Å². The zero-order chi connectivity index (χ0) is 20.4. The highest BCUT2D eigenvalue weighted by atomic mass is 16.5. The van der Waals surface area contributed by atoms with E-state index in [1.165, 1.54) is 28.9 Å². The summed E-state index contributed by atoms with van der Waals surface area (Å²) in [6, 6.07) is 6.44. The molecule has 158 valence electrons. The summed E-state index contributed by atoms with van der Waals surface area (Å²) in [6.07, 6.45) is 11.3. The molecule has 2 saturated carbocycles. The molecular formula is C23H33N3O3. The van der Waals surface area contributed by atoms with Crippen molar-refractivity contribution >= 4 is 12.4 Å². The molecule has 0 bridgehead atoms. The number of carbonyl (C=O) groups excluding carboxylic acids is 1. The van der Waals surface area contributed by atoms with Crippen molar-refractivity contribution in [2.75, 3.05) is 14.2 Å². The molecular weight excluding hydrogens is 366 g/mol. The van der Waals surface area contributed by atoms with E-state index in [9.17, 15) is 4.79 Å². The smallest absolute Gasteiger partial charge is 0.216 e. The van der Waals surface area contributed by atoms with E-state index in [1.807, 2.05) is 0 Å². The van der Waals surface area contributed by atoms with Crippen LogP contribution in [0.1, 0.15) is 68.5 Å². The van der Waals surface area contributed by atoms with E-state index in [0.29, 0.717) is 18.6 Å². The Morgan fingerprint density at radius 1 is 1.21 bits per heavy atom. The summed E-state index contributed by atoms with van der Waals surface area (Å²) in [6.45, 7) is 0. The normalized spacial score (nSPS) is 29.8. The van der Waals surface area contributed by atoms with Gasteiger partial charge in [-0.2, -0.15) is 0 Å². The highest BCUT2D eigenvalue weighted by Gasteiger charge is 2.48. The van der Waals surface area contributed by atoms with E-state index in [1.54, 1.807) is 14.2 Å². The molecule has 6 heteroatoms. The molecule has 3 aliphatic rings. The van der Waals surface area contributed by atoms with Crippen LogP contribution in [0.5, 0.6) is 5.75 Å². The number of benzene rings is 1. The lowest BCUT2D eigenvalue weighted by molar-refractivity contribution is -0.114. The molecule has 1 atom stereocenters. The number of rotatable bonds is 5. The summed E-state index contributed by atoms with van der Waals surface area (Å²) >= 11 is 0. The van der Waals surface area contributed by atoms with Gasteiger partial charge in [-0.15, -0.1) is 0 Å². The van der Waals surface area contributed by atoms with Crippen molar-refractivity contribution in [1.29, 1.82) is 0 Å². The van der Waals surface area contributed by atoms with Crippen LogP contribution in [0.15, 0.2) is 23.2 Å². The number of carbonyl (C=O) groups is 1. The lowest BCUT2D eigenvalue weighted by Crippen LogP contribution is -2.37. The molecule has 6 nitrogen and oxygen atoms in total. The third-order valence-electron chi connectivity index (χ3n) is 7.18. The first-order chi connectivity index (χ1) is 14.0. The van der Waals surface area contributed by atoms with Gasteiger partial charge in [-0.1, -0.05) is 6.07 Å². The number of fused-ring (bicyclic) bond motifs is 1. The molecule has 1 spiro atoms. The Morgan fingerprint density at radius 3 is 2.59 bits per heavy atom. The molecule has 1 aromatic rings.